The number of carbonyl (C=O) groups is 1. The van der Waals surface area contributed by atoms with E-state index >= 15 is 0 Å². The molecule has 2 rings (SSSR count). The van der Waals surface area contributed by atoms with Gasteiger partial charge < -0.3 is 10.6 Å². The Balaban J connectivity index is 1.88. The second kappa shape index (κ2) is 8.71. The predicted octanol–water partition coefficient (Wildman–Crippen LogP) is 3.99. The van der Waals surface area contributed by atoms with Gasteiger partial charge in [-0.05, 0) is 37.8 Å². The Morgan fingerprint density at radius 2 is 1.68 bits per heavy atom. The molecular formula is C17H28N4O. The minimum absolute atomic E-state index is 0.0313. The Labute approximate surface area is 133 Å². The van der Waals surface area contributed by atoms with Gasteiger partial charge in [0.25, 0.3) is 0 Å². The lowest BCUT2D eigenvalue weighted by atomic mass is 10.0. The van der Waals surface area contributed by atoms with Crippen molar-refractivity contribution in [1.82, 2.24) is 10.2 Å². The Morgan fingerprint density at radius 3 is 2.23 bits per heavy atom. The van der Waals surface area contributed by atoms with Crippen molar-refractivity contribution < 1.29 is 4.79 Å². The van der Waals surface area contributed by atoms with Gasteiger partial charge >= 0.3 is 0 Å². The number of amides is 1. The Kier molecular flexibility index (Phi) is 6.62. The van der Waals surface area contributed by atoms with Crippen LogP contribution in [0.15, 0.2) is 12.1 Å². The number of anilines is 2. The maximum atomic E-state index is 12.0. The van der Waals surface area contributed by atoms with E-state index in [2.05, 4.69) is 20.8 Å². The van der Waals surface area contributed by atoms with E-state index in [1.807, 2.05) is 26.0 Å². The summed E-state index contributed by atoms with van der Waals surface area (Å²) in [7, 11) is 0. The fourth-order valence-corrected chi connectivity index (χ4v) is 3.00. The third-order valence-electron chi connectivity index (χ3n) is 4.48. The summed E-state index contributed by atoms with van der Waals surface area (Å²) in [6.07, 6.45) is 9.34. The van der Waals surface area contributed by atoms with Gasteiger partial charge in [-0.25, -0.2) is 0 Å². The van der Waals surface area contributed by atoms with Crippen molar-refractivity contribution in [2.75, 3.05) is 10.6 Å². The van der Waals surface area contributed by atoms with Gasteiger partial charge in [-0.15, -0.1) is 10.2 Å². The quantitative estimate of drug-likeness (QED) is 0.780. The summed E-state index contributed by atoms with van der Waals surface area (Å²) >= 11 is 0. The lowest BCUT2D eigenvalue weighted by molar-refractivity contribution is -0.120. The number of carbonyl (C=O) groups excluding carboxylic acids is 1. The van der Waals surface area contributed by atoms with Crippen LogP contribution in [-0.4, -0.2) is 22.1 Å². The van der Waals surface area contributed by atoms with Crippen LogP contribution in [0.25, 0.3) is 0 Å². The molecule has 0 bridgehead atoms. The summed E-state index contributed by atoms with van der Waals surface area (Å²) in [6, 6.07) is 4.23. The molecule has 1 saturated carbocycles. The summed E-state index contributed by atoms with van der Waals surface area (Å²) in [4.78, 5) is 12.0. The van der Waals surface area contributed by atoms with Gasteiger partial charge in [-0.3, -0.25) is 4.79 Å². The first kappa shape index (κ1) is 16.7. The summed E-state index contributed by atoms with van der Waals surface area (Å²) in [5, 5.41) is 14.6. The van der Waals surface area contributed by atoms with Crippen molar-refractivity contribution in [3.63, 3.8) is 0 Å². The van der Waals surface area contributed by atoms with Gasteiger partial charge in [0.15, 0.2) is 5.82 Å². The molecule has 122 valence electrons. The van der Waals surface area contributed by atoms with Crippen LogP contribution in [0.3, 0.4) is 0 Å². The lowest BCUT2D eigenvalue weighted by Crippen LogP contribution is -2.23. The van der Waals surface area contributed by atoms with Crippen LogP contribution in [0.1, 0.15) is 65.2 Å². The molecule has 0 aromatic carbocycles. The highest BCUT2D eigenvalue weighted by atomic mass is 16.1. The molecule has 1 fully saturated rings. The van der Waals surface area contributed by atoms with Crippen LogP contribution in [-0.2, 0) is 4.79 Å². The van der Waals surface area contributed by atoms with E-state index < -0.39 is 0 Å². The van der Waals surface area contributed by atoms with Crippen molar-refractivity contribution in [2.24, 2.45) is 5.92 Å². The van der Waals surface area contributed by atoms with E-state index in [9.17, 15) is 4.79 Å². The molecular weight excluding hydrogens is 276 g/mol. The van der Waals surface area contributed by atoms with Gasteiger partial charge in [0.05, 0.1) is 0 Å². The van der Waals surface area contributed by atoms with Gasteiger partial charge in [-0.2, -0.15) is 0 Å². The van der Waals surface area contributed by atoms with Crippen molar-refractivity contribution >= 4 is 17.5 Å². The van der Waals surface area contributed by atoms with Gasteiger partial charge in [0.2, 0.25) is 5.91 Å². The summed E-state index contributed by atoms with van der Waals surface area (Å²) in [6.45, 7) is 4.05. The molecule has 5 heteroatoms. The number of nitrogens with zero attached hydrogens (tertiary/aromatic N) is 2. The van der Waals surface area contributed by atoms with E-state index in [1.54, 1.807) is 0 Å². The predicted molar refractivity (Wildman–Crippen MR) is 89.8 cm³/mol. The van der Waals surface area contributed by atoms with Crippen LogP contribution < -0.4 is 10.6 Å². The molecule has 1 aromatic heterocycles. The molecule has 1 amide bonds. The van der Waals surface area contributed by atoms with E-state index in [0.29, 0.717) is 11.9 Å². The first-order chi connectivity index (χ1) is 10.7. The van der Waals surface area contributed by atoms with Gasteiger partial charge in [-0.1, -0.05) is 39.5 Å². The van der Waals surface area contributed by atoms with Crippen LogP contribution in [0.5, 0.6) is 0 Å². The first-order valence-corrected chi connectivity index (χ1v) is 8.64. The van der Waals surface area contributed by atoms with Crippen LogP contribution >= 0.6 is 0 Å². The first-order valence-electron chi connectivity index (χ1n) is 8.64. The SMILES string of the molecule is CCC(CC)C(=O)Nc1ccc(NC2CCCCCC2)nn1. The number of hydrogen-bond donors (Lipinski definition) is 2. The zero-order chi connectivity index (χ0) is 15.8. The average Bonchev–Trinajstić information content (AvgIpc) is 2.79. The Morgan fingerprint density at radius 1 is 1.09 bits per heavy atom. The Bertz CT molecular complexity index is 448. The largest absolute Gasteiger partial charge is 0.366 e. The van der Waals surface area contributed by atoms with Crippen LogP contribution in [0.4, 0.5) is 11.6 Å². The number of hydrogen-bond acceptors (Lipinski definition) is 4. The second-order valence-electron chi connectivity index (χ2n) is 6.14. The van der Waals surface area contributed by atoms with Crippen LogP contribution in [0.2, 0.25) is 0 Å². The number of aromatic nitrogens is 2. The monoisotopic (exact) mass is 304 g/mol. The Hall–Kier alpha value is -1.65. The van der Waals surface area contributed by atoms with Gasteiger partial charge in [0.1, 0.15) is 5.82 Å². The number of nitrogens with one attached hydrogen (secondary N) is 2. The minimum atomic E-state index is 0.0313. The number of rotatable bonds is 6. The molecule has 2 N–H and O–H groups in total. The zero-order valence-electron chi connectivity index (χ0n) is 13.8. The summed E-state index contributed by atoms with van der Waals surface area (Å²) in [5.74, 6) is 1.41. The van der Waals surface area contributed by atoms with Crippen molar-refractivity contribution in [1.29, 1.82) is 0 Å². The standard InChI is InChI=1S/C17H28N4O/c1-3-13(4-2)17(22)19-16-12-11-15(20-21-16)18-14-9-7-5-6-8-10-14/h11-14H,3-10H2,1-2H3,(H,18,20)(H,19,21,22). The molecule has 1 heterocycles. The fourth-order valence-electron chi connectivity index (χ4n) is 3.00. The molecule has 1 aliphatic rings. The van der Waals surface area contributed by atoms with E-state index in [-0.39, 0.29) is 11.8 Å². The van der Waals surface area contributed by atoms with Crippen molar-refractivity contribution in [2.45, 2.75) is 71.3 Å². The van der Waals surface area contributed by atoms with E-state index in [0.717, 1.165) is 18.7 Å². The lowest BCUT2D eigenvalue weighted by Gasteiger charge is -2.16. The van der Waals surface area contributed by atoms with Crippen LogP contribution in [0, 0.1) is 5.92 Å². The van der Waals surface area contributed by atoms with Crippen molar-refractivity contribution in [3.05, 3.63) is 12.1 Å². The van der Waals surface area contributed by atoms with Gasteiger partial charge in [0, 0.05) is 12.0 Å². The molecule has 22 heavy (non-hydrogen) atoms. The highest BCUT2D eigenvalue weighted by molar-refractivity contribution is 5.91. The third kappa shape index (κ3) is 4.97. The molecule has 0 spiro atoms. The summed E-state index contributed by atoms with van der Waals surface area (Å²) in [5.41, 5.74) is 0. The highest BCUT2D eigenvalue weighted by Crippen LogP contribution is 2.20. The fraction of sp³-hybridized carbons (Fsp3) is 0.706. The highest BCUT2D eigenvalue weighted by Gasteiger charge is 2.15. The second-order valence-corrected chi connectivity index (χ2v) is 6.14. The molecule has 1 aromatic rings. The molecule has 0 radical (unpaired) electrons. The molecule has 5 nitrogen and oxygen atoms in total. The molecule has 1 aliphatic carbocycles. The normalized spacial score (nSPS) is 16.3. The topological polar surface area (TPSA) is 66.9 Å². The van der Waals surface area contributed by atoms with E-state index in [4.69, 9.17) is 0 Å². The maximum absolute atomic E-state index is 12.0. The molecule has 0 unspecified atom stereocenters. The molecule has 0 saturated heterocycles. The van der Waals surface area contributed by atoms with Crippen molar-refractivity contribution in [3.8, 4) is 0 Å². The maximum Gasteiger partial charge on any atom is 0.228 e. The average molecular weight is 304 g/mol. The zero-order valence-corrected chi connectivity index (χ0v) is 13.8. The third-order valence-corrected chi connectivity index (χ3v) is 4.48. The molecule has 0 atom stereocenters. The van der Waals surface area contributed by atoms with E-state index in [1.165, 1.54) is 38.5 Å². The smallest absolute Gasteiger partial charge is 0.228 e. The summed E-state index contributed by atoms with van der Waals surface area (Å²) < 4.78 is 0. The molecule has 0 aliphatic heterocycles. The minimum Gasteiger partial charge on any atom is -0.366 e.